The molecule has 4 atom stereocenters. The number of urea groups is 1. The van der Waals surface area contributed by atoms with E-state index in [1.807, 2.05) is 30.3 Å². The molecule has 2 N–H and O–H groups in total. The molecule has 3 aromatic heterocycles. The molecule has 74 heavy (non-hydrogen) atoms. The molecule has 0 spiro atoms. The summed E-state index contributed by atoms with van der Waals surface area (Å²) in [5, 5.41) is 8.34. The SMILES string of the molecule is CCn1c(-c2cc(N3CCN(C4CC4)CC3)cnc2[C@H](C)OC)c2c3cc(ccc31)-c1csc(n1)C[C@H](NC(=O)[C@H](C(C)C)N(C)C(=O)N1CCC(CN(C)C)CC1)C(=O)N1CCC[C@H](N1)C(=O)OCC(C)(C)C2. The van der Waals surface area contributed by atoms with Crippen LogP contribution in [0.1, 0.15) is 102 Å². The number of cyclic esters (lactones) is 1. The Morgan fingerprint density at radius 3 is 2.41 bits per heavy atom. The minimum atomic E-state index is -1.04. The summed E-state index contributed by atoms with van der Waals surface area (Å²) in [7, 11) is 7.56. The average molecular weight is 1040 g/mol. The second kappa shape index (κ2) is 22.6. The molecule has 0 radical (unpaired) electrons. The highest BCUT2D eigenvalue weighted by atomic mass is 32.1. The molecule has 6 bridgehead atoms. The molecule has 3 saturated heterocycles. The highest BCUT2D eigenvalue weighted by Crippen LogP contribution is 2.43. The number of amides is 4. The van der Waals surface area contributed by atoms with E-state index < -0.39 is 35.4 Å². The summed E-state index contributed by atoms with van der Waals surface area (Å²) in [5.41, 5.74) is 10.7. The third kappa shape index (κ3) is 11.6. The highest BCUT2D eigenvalue weighted by molar-refractivity contribution is 7.10. The lowest BCUT2D eigenvalue weighted by molar-refractivity contribution is -0.155. The number of aromatic nitrogens is 3. The lowest BCUT2D eigenvalue weighted by Crippen LogP contribution is -2.62. The molecular weight excluding hydrogens is 955 g/mol. The molecule has 4 aromatic rings. The number of piperazine rings is 1. The Morgan fingerprint density at radius 1 is 0.986 bits per heavy atom. The van der Waals surface area contributed by atoms with Gasteiger partial charge in [-0.15, -0.1) is 11.3 Å². The fourth-order valence-electron chi connectivity index (χ4n) is 11.9. The number of piperidine rings is 1. The number of thiazole rings is 1. The highest BCUT2D eigenvalue weighted by Gasteiger charge is 2.40. The number of carbonyl (C=O) groups is 4. The zero-order valence-electron chi connectivity index (χ0n) is 45.6. The Kier molecular flexibility index (Phi) is 16.4. The molecule has 1 aliphatic carbocycles. The number of esters is 1. The van der Waals surface area contributed by atoms with Crippen molar-refractivity contribution in [1.29, 1.82) is 0 Å². The van der Waals surface area contributed by atoms with Crippen molar-refractivity contribution >= 4 is 51.7 Å². The third-order valence-corrected chi connectivity index (χ3v) is 17.0. The fourth-order valence-corrected chi connectivity index (χ4v) is 12.8. The summed E-state index contributed by atoms with van der Waals surface area (Å²) < 4.78 is 14.7. The number of hydrogen-bond donors (Lipinski definition) is 2. The van der Waals surface area contributed by atoms with E-state index in [2.05, 4.69) is 96.1 Å². The maximum absolute atomic E-state index is 14.8. The molecular formula is C56H81N11O6S. The van der Waals surface area contributed by atoms with Crippen molar-refractivity contribution in [2.24, 2.45) is 17.3 Å². The summed E-state index contributed by atoms with van der Waals surface area (Å²) in [4.78, 5) is 78.6. The topological polar surface area (TPSA) is 161 Å². The molecule has 4 aliphatic heterocycles. The van der Waals surface area contributed by atoms with E-state index in [1.54, 1.807) is 14.2 Å². The number of nitrogens with one attached hydrogen (secondary N) is 2. The number of fused-ring (bicyclic) bond motifs is 6. The molecule has 1 saturated carbocycles. The quantitative estimate of drug-likeness (QED) is 0.143. The molecule has 18 heteroatoms. The van der Waals surface area contributed by atoms with Crippen molar-refractivity contribution in [1.82, 2.24) is 49.9 Å². The zero-order chi connectivity index (χ0) is 52.6. The number of hydrazine groups is 1. The van der Waals surface area contributed by atoms with Crippen molar-refractivity contribution in [2.45, 2.75) is 130 Å². The van der Waals surface area contributed by atoms with Crippen LogP contribution in [0.2, 0.25) is 0 Å². The first-order chi connectivity index (χ1) is 35.4. The van der Waals surface area contributed by atoms with Crippen LogP contribution in [0, 0.1) is 17.3 Å². The Balaban J connectivity index is 1.07. The van der Waals surface area contributed by atoms with Crippen LogP contribution in [0.25, 0.3) is 33.4 Å². The van der Waals surface area contributed by atoms with E-state index >= 15 is 0 Å². The van der Waals surface area contributed by atoms with Gasteiger partial charge in [0.2, 0.25) is 5.91 Å². The number of likely N-dealkylation sites (tertiary alicyclic amines) is 1. The van der Waals surface area contributed by atoms with Crippen LogP contribution in [-0.4, -0.2) is 174 Å². The second-order valence-electron chi connectivity index (χ2n) is 23.0. The van der Waals surface area contributed by atoms with Gasteiger partial charge in [-0.25, -0.2) is 15.2 Å². The lowest BCUT2D eigenvalue weighted by atomic mass is 9.84. The Hall–Kier alpha value is -5.14. The number of nitrogens with zero attached hydrogens (tertiary/aromatic N) is 9. The second-order valence-corrected chi connectivity index (χ2v) is 23.9. The van der Waals surface area contributed by atoms with Gasteiger partial charge in [0.15, 0.2) is 0 Å². The summed E-state index contributed by atoms with van der Waals surface area (Å²) in [6.45, 7) is 19.8. The van der Waals surface area contributed by atoms with Gasteiger partial charge in [-0.1, -0.05) is 33.8 Å². The predicted octanol–water partition coefficient (Wildman–Crippen LogP) is 6.84. The average Bonchev–Trinajstić information content (AvgIpc) is 4.07. The van der Waals surface area contributed by atoms with Crippen molar-refractivity contribution < 1.29 is 28.7 Å². The molecule has 17 nitrogen and oxygen atoms in total. The van der Waals surface area contributed by atoms with E-state index in [0.29, 0.717) is 56.4 Å². The minimum absolute atomic E-state index is 0.113. The van der Waals surface area contributed by atoms with Gasteiger partial charge in [0, 0.05) is 118 Å². The predicted molar refractivity (Wildman–Crippen MR) is 291 cm³/mol. The molecule has 1 aromatic carbocycles. The number of aryl methyl sites for hydroxylation is 1. The molecule has 0 unspecified atom stereocenters. The molecule has 5 aliphatic rings. The van der Waals surface area contributed by atoms with Crippen LogP contribution < -0.4 is 15.6 Å². The molecule has 9 rings (SSSR count). The van der Waals surface area contributed by atoms with Gasteiger partial charge in [-0.05, 0) is 108 Å². The van der Waals surface area contributed by atoms with E-state index in [9.17, 15) is 19.2 Å². The van der Waals surface area contributed by atoms with Crippen molar-refractivity contribution in [2.75, 3.05) is 92.1 Å². The largest absolute Gasteiger partial charge is 0.464 e. The van der Waals surface area contributed by atoms with Gasteiger partial charge >= 0.3 is 12.0 Å². The van der Waals surface area contributed by atoms with Crippen LogP contribution in [0.5, 0.6) is 0 Å². The van der Waals surface area contributed by atoms with E-state index in [-0.39, 0.29) is 37.0 Å². The smallest absolute Gasteiger partial charge is 0.324 e. The van der Waals surface area contributed by atoms with Crippen molar-refractivity contribution in [3.63, 3.8) is 0 Å². The fraction of sp³-hybridized carbons (Fsp3) is 0.643. The lowest BCUT2D eigenvalue weighted by Gasteiger charge is -2.39. The summed E-state index contributed by atoms with van der Waals surface area (Å²) in [5.74, 6) is -0.965. The van der Waals surface area contributed by atoms with E-state index in [1.165, 1.54) is 34.1 Å². The van der Waals surface area contributed by atoms with Gasteiger partial charge in [0.25, 0.3) is 5.91 Å². The van der Waals surface area contributed by atoms with Crippen LogP contribution in [-0.2, 0) is 43.2 Å². The zero-order valence-corrected chi connectivity index (χ0v) is 46.4. The number of hydrogen-bond acceptors (Lipinski definition) is 13. The van der Waals surface area contributed by atoms with Gasteiger partial charge in [-0.3, -0.25) is 29.3 Å². The number of rotatable bonds is 12. The van der Waals surface area contributed by atoms with Crippen LogP contribution in [0.15, 0.2) is 35.8 Å². The normalized spacial score (nSPS) is 22.2. The number of ether oxygens (including phenoxy) is 2. The third-order valence-electron chi connectivity index (χ3n) is 16.1. The van der Waals surface area contributed by atoms with E-state index in [4.69, 9.17) is 19.4 Å². The van der Waals surface area contributed by atoms with Crippen molar-refractivity contribution in [3.05, 3.63) is 52.1 Å². The van der Waals surface area contributed by atoms with Gasteiger partial charge < -0.3 is 39.0 Å². The van der Waals surface area contributed by atoms with E-state index in [0.717, 1.165) is 102 Å². The number of pyridine rings is 1. The maximum Gasteiger partial charge on any atom is 0.324 e. The first kappa shape index (κ1) is 53.7. The summed E-state index contributed by atoms with van der Waals surface area (Å²) in [6, 6.07) is 6.74. The number of benzene rings is 1. The Morgan fingerprint density at radius 2 is 1.73 bits per heavy atom. The minimum Gasteiger partial charge on any atom is -0.464 e. The molecule has 402 valence electrons. The van der Waals surface area contributed by atoms with Gasteiger partial charge in [-0.2, -0.15) is 0 Å². The maximum atomic E-state index is 14.8. The molecule has 4 amide bonds. The Bertz CT molecular complexity index is 2660. The van der Waals surface area contributed by atoms with Crippen LogP contribution in [0.3, 0.4) is 0 Å². The standard InChI is InChI=1S/C56H81N11O6S/c1-11-66-47-17-14-38-27-41(47)43(51(66)42-28-40(31-57-49(42)36(4)72-10)64-25-23-63(24-26-64)39-15-16-39)30-56(5,6)34-73-54(70)44-13-12-20-67(60-44)53(69)45(29-48-58-46(38)33-74-48)59-52(68)50(35(2)3)62(9)55(71)65-21-18-37(19-22-65)32-61(7)8/h14,17,27-28,31,33,35-37,39,44-45,50,60H,11-13,15-16,18-26,29-30,32,34H2,1-10H3,(H,59,68)/t36-,44-,45-,50-/m0/s1. The number of likely N-dealkylation sites (N-methyl/N-ethyl adjacent to an activating group) is 1. The van der Waals surface area contributed by atoms with Crippen LogP contribution in [0.4, 0.5) is 10.5 Å². The Labute approximate surface area is 442 Å². The first-order valence-electron chi connectivity index (χ1n) is 27.3. The summed E-state index contributed by atoms with van der Waals surface area (Å²) >= 11 is 1.45. The number of methoxy groups -OCH3 is 1. The summed E-state index contributed by atoms with van der Waals surface area (Å²) in [6.07, 6.45) is 7.90. The van der Waals surface area contributed by atoms with Crippen LogP contribution >= 0.6 is 11.3 Å². The van der Waals surface area contributed by atoms with Gasteiger partial charge in [0.05, 0.1) is 46.7 Å². The number of carbonyl (C=O) groups excluding carboxylic acids is 4. The van der Waals surface area contributed by atoms with Crippen molar-refractivity contribution in [3.8, 4) is 22.5 Å². The first-order valence-corrected chi connectivity index (χ1v) is 28.1. The molecule has 4 fully saturated rings. The van der Waals surface area contributed by atoms with Gasteiger partial charge in [0.1, 0.15) is 18.1 Å². The molecule has 7 heterocycles. The monoisotopic (exact) mass is 1040 g/mol. The number of anilines is 1.